The number of rotatable bonds is 5. The summed E-state index contributed by atoms with van der Waals surface area (Å²) in [6, 6.07) is 7.44. The Labute approximate surface area is 153 Å². The van der Waals surface area contributed by atoms with E-state index >= 15 is 0 Å². The second kappa shape index (κ2) is 7.89. The first-order chi connectivity index (χ1) is 12.1. The number of hydrogen-bond donors (Lipinski definition) is 1. The number of β-amino-alcohol motifs (C(OH)–C–C–N with tert-alkyl or cyclic N) is 1. The molecular weight excluding hydrogens is 340 g/mol. The molecule has 1 N–H and O–H groups in total. The Bertz CT molecular complexity index is 728. The normalized spacial score (nSPS) is 17.4. The number of piperidine rings is 1. The van der Waals surface area contributed by atoms with Crippen molar-refractivity contribution in [2.24, 2.45) is 0 Å². The van der Waals surface area contributed by atoms with Gasteiger partial charge in [-0.2, -0.15) is 4.98 Å². The highest BCUT2D eigenvalue weighted by atomic mass is 35.5. The van der Waals surface area contributed by atoms with Gasteiger partial charge >= 0.3 is 0 Å². The van der Waals surface area contributed by atoms with Crippen molar-refractivity contribution in [3.63, 3.8) is 0 Å². The first kappa shape index (κ1) is 17.8. The van der Waals surface area contributed by atoms with Gasteiger partial charge in [-0.25, -0.2) is 4.98 Å². The van der Waals surface area contributed by atoms with E-state index in [1.54, 1.807) is 13.3 Å². The highest BCUT2D eigenvalue weighted by Gasteiger charge is 2.20. The molecule has 0 radical (unpaired) electrons. The minimum absolute atomic E-state index is 0.291. The Hall–Kier alpha value is -2.05. The van der Waals surface area contributed by atoms with Gasteiger partial charge < -0.3 is 19.6 Å². The zero-order chi connectivity index (χ0) is 17.8. The van der Waals surface area contributed by atoms with Gasteiger partial charge in [0.05, 0.1) is 13.2 Å². The predicted molar refractivity (Wildman–Crippen MR) is 99.6 cm³/mol. The molecule has 6 nitrogen and oxygen atoms in total. The van der Waals surface area contributed by atoms with Crippen molar-refractivity contribution in [2.75, 3.05) is 37.0 Å². The predicted octanol–water partition coefficient (Wildman–Crippen LogP) is 2.74. The summed E-state index contributed by atoms with van der Waals surface area (Å²) >= 11 is 6.11. The van der Waals surface area contributed by atoms with Crippen LogP contribution < -0.4 is 14.5 Å². The molecule has 0 bridgehead atoms. The molecule has 2 aromatic rings. The molecule has 3 rings (SSSR count). The van der Waals surface area contributed by atoms with Gasteiger partial charge in [0.25, 0.3) is 0 Å². The molecule has 0 saturated carbocycles. The molecule has 1 aliphatic rings. The average molecular weight is 363 g/mol. The lowest BCUT2D eigenvalue weighted by Crippen LogP contribution is -2.38. The van der Waals surface area contributed by atoms with Crippen molar-refractivity contribution in [3.8, 4) is 5.75 Å². The van der Waals surface area contributed by atoms with Crippen molar-refractivity contribution >= 4 is 23.4 Å². The molecule has 1 atom stereocenters. The Kier molecular flexibility index (Phi) is 5.60. The highest BCUT2D eigenvalue weighted by molar-refractivity contribution is 6.30. The van der Waals surface area contributed by atoms with E-state index in [0.717, 1.165) is 36.5 Å². The van der Waals surface area contributed by atoms with Crippen LogP contribution in [0.15, 0.2) is 30.5 Å². The summed E-state index contributed by atoms with van der Waals surface area (Å²) in [6.45, 7) is 2.09. The van der Waals surface area contributed by atoms with Crippen molar-refractivity contribution in [1.29, 1.82) is 0 Å². The van der Waals surface area contributed by atoms with Crippen LogP contribution in [-0.4, -0.2) is 48.4 Å². The largest absolute Gasteiger partial charge is 0.496 e. The third-order valence-electron chi connectivity index (χ3n) is 4.34. The van der Waals surface area contributed by atoms with Gasteiger partial charge in [0.1, 0.15) is 11.6 Å². The molecule has 7 heteroatoms. The lowest BCUT2D eigenvalue weighted by Gasteiger charge is -2.31. The monoisotopic (exact) mass is 362 g/mol. The molecular formula is C18H23ClN4O2. The van der Waals surface area contributed by atoms with E-state index in [4.69, 9.17) is 16.3 Å². The fourth-order valence-electron chi connectivity index (χ4n) is 3.06. The number of anilines is 2. The van der Waals surface area contributed by atoms with Gasteiger partial charge in [0.2, 0.25) is 5.95 Å². The summed E-state index contributed by atoms with van der Waals surface area (Å²) in [4.78, 5) is 13.1. The maximum absolute atomic E-state index is 9.88. The van der Waals surface area contributed by atoms with E-state index < -0.39 is 0 Å². The Morgan fingerprint density at radius 3 is 3.00 bits per heavy atom. The molecule has 1 fully saturated rings. The number of hydrogen-bond acceptors (Lipinski definition) is 6. The number of benzene rings is 1. The summed E-state index contributed by atoms with van der Waals surface area (Å²) in [5.41, 5.74) is 0.972. The zero-order valence-corrected chi connectivity index (χ0v) is 15.3. The van der Waals surface area contributed by atoms with Crippen LogP contribution in [-0.2, 0) is 6.54 Å². The Morgan fingerprint density at radius 1 is 1.40 bits per heavy atom. The van der Waals surface area contributed by atoms with Crippen LogP contribution in [0.1, 0.15) is 18.4 Å². The van der Waals surface area contributed by atoms with Gasteiger partial charge in [0, 0.05) is 43.5 Å². The van der Waals surface area contributed by atoms with Crippen LogP contribution in [0.2, 0.25) is 5.02 Å². The van der Waals surface area contributed by atoms with Gasteiger partial charge in [-0.3, -0.25) is 0 Å². The molecule has 134 valence electrons. The van der Waals surface area contributed by atoms with Crippen LogP contribution >= 0.6 is 11.6 Å². The van der Waals surface area contributed by atoms with E-state index in [-0.39, 0.29) is 6.10 Å². The highest BCUT2D eigenvalue weighted by Crippen LogP contribution is 2.25. The molecule has 25 heavy (non-hydrogen) atoms. The maximum Gasteiger partial charge on any atom is 0.227 e. The molecule has 1 aromatic carbocycles. The Morgan fingerprint density at radius 2 is 2.24 bits per heavy atom. The number of nitrogens with zero attached hydrogens (tertiary/aromatic N) is 4. The zero-order valence-electron chi connectivity index (χ0n) is 14.5. The fraction of sp³-hybridized carbons (Fsp3) is 0.444. The molecule has 2 heterocycles. The van der Waals surface area contributed by atoms with Crippen LogP contribution in [0.4, 0.5) is 11.8 Å². The number of aliphatic hydroxyl groups excluding tert-OH is 1. The minimum Gasteiger partial charge on any atom is -0.496 e. The Balaban J connectivity index is 1.77. The number of methoxy groups -OCH3 is 1. The van der Waals surface area contributed by atoms with E-state index in [9.17, 15) is 5.11 Å². The molecule has 1 unspecified atom stereocenters. The lowest BCUT2D eigenvalue weighted by molar-refractivity contribution is 0.154. The van der Waals surface area contributed by atoms with Crippen molar-refractivity contribution in [1.82, 2.24) is 9.97 Å². The first-order valence-corrected chi connectivity index (χ1v) is 8.74. The van der Waals surface area contributed by atoms with Gasteiger partial charge in [-0.05, 0) is 37.1 Å². The van der Waals surface area contributed by atoms with Gasteiger partial charge in [-0.15, -0.1) is 0 Å². The summed E-state index contributed by atoms with van der Waals surface area (Å²) in [6.07, 6.45) is 3.28. The molecule has 1 aliphatic heterocycles. The first-order valence-electron chi connectivity index (χ1n) is 8.36. The smallest absolute Gasteiger partial charge is 0.227 e. The lowest BCUT2D eigenvalue weighted by atomic mass is 10.1. The second-order valence-electron chi connectivity index (χ2n) is 6.27. The van der Waals surface area contributed by atoms with E-state index in [1.165, 1.54) is 0 Å². The quantitative estimate of drug-likeness (QED) is 0.882. The van der Waals surface area contributed by atoms with Crippen molar-refractivity contribution in [3.05, 3.63) is 41.0 Å². The molecule has 0 spiro atoms. The summed E-state index contributed by atoms with van der Waals surface area (Å²) < 4.78 is 5.41. The summed E-state index contributed by atoms with van der Waals surface area (Å²) in [5.74, 6) is 2.25. The van der Waals surface area contributed by atoms with E-state index in [0.29, 0.717) is 24.1 Å². The fourth-order valence-corrected chi connectivity index (χ4v) is 3.25. The number of aliphatic hydroxyl groups is 1. The van der Waals surface area contributed by atoms with Crippen molar-refractivity contribution < 1.29 is 9.84 Å². The average Bonchev–Trinajstić information content (AvgIpc) is 2.62. The topological polar surface area (TPSA) is 61.7 Å². The van der Waals surface area contributed by atoms with Crippen molar-refractivity contribution in [2.45, 2.75) is 25.5 Å². The maximum atomic E-state index is 9.88. The van der Waals surface area contributed by atoms with Gasteiger partial charge in [0.15, 0.2) is 0 Å². The molecule has 1 saturated heterocycles. The second-order valence-corrected chi connectivity index (χ2v) is 6.71. The van der Waals surface area contributed by atoms with Crippen LogP contribution in [0, 0.1) is 0 Å². The number of halogens is 1. The summed E-state index contributed by atoms with van der Waals surface area (Å²) in [7, 11) is 3.58. The SMILES string of the molecule is COc1ccc(Cl)cc1CN(C)c1nccc(N2CCCC(O)C2)n1. The number of aromatic nitrogens is 2. The minimum atomic E-state index is -0.291. The molecule has 0 amide bonds. The molecule has 1 aromatic heterocycles. The standard InChI is InChI=1S/C18H23ClN4O2/c1-22(11-13-10-14(19)5-6-16(13)25-2)18-20-8-7-17(21-18)23-9-3-4-15(24)12-23/h5-8,10,15,24H,3-4,9,11-12H2,1-2H3. The third-order valence-corrected chi connectivity index (χ3v) is 4.58. The third kappa shape index (κ3) is 4.32. The van der Waals surface area contributed by atoms with E-state index in [2.05, 4.69) is 14.9 Å². The molecule has 0 aliphatic carbocycles. The number of ether oxygens (including phenoxy) is 1. The van der Waals surface area contributed by atoms with Gasteiger partial charge in [-0.1, -0.05) is 11.6 Å². The summed E-state index contributed by atoms with van der Waals surface area (Å²) in [5, 5.41) is 10.5. The van der Waals surface area contributed by atoms with E-state index in [1.807, 2.05) is 36.2 Å². The van der Waals surface area contributed by atoms with Crippen LogP contribution in [0.25, 0.3) is 0 Å². The van der Waals surface area contributed by atoms with Crippen LogP contribution in [0.3, 0.4) is 0 Å². The van der Waals surface area contributed by atoms with Crippen LogP contribution in [0.5, 0.6) is 5.75 Å².